The average Bonchev–Trinajstić information content (AvgIpc) is 2.26. The van der Waals surface area contributed by atoms with Crippen molar-refractivity contribution >= 4 is 11.9 Å². The Morgan fingerprint density at radius 3 is 1.94 bits per heavy atom. The Labute approximate surface area is 96.1 Å². The van der Waals surface area contributed by atoms with Gasteiger partial charge in [-0.3, -0.25) is 4.79 Å². The number of ether oxygens (including phenoxy) is 3. The molecule has 5 heteroatoms. The second kappa shape index (κ2) is 8.10. The van der Waals surface area contributed by atoms with Crippen molar-refractivity contribution < 1.29 is 23.8 Å². The number of carbonyl (C=O) groups excluding carboxylic acids is 2. The van der Waals surface area contributed by atoms with Crippen molar-refractivity contribution in [1.29, 1.82) is 0 Å². The molecule has 0 aliphatic carbocycles. The monoisotopic (exact) mass is 232 g/mol. The molecule has 0 fully saturated rings. The Balaban J connectivity index is 3.47. The van der Waals surface area contributed by atoms with E-state index in [1.807, 2.05) is 0 Å². The summed E-state index contributed by atoms with van der Waals surface area (Å²) in [5.41, 5.74) is 0. The molecule has 5 nitrogen and oxygen atoms in total. The van der Waals surface area contributed by atoms with Crippen molar-refractivity contribution in [1.82, 2.24) is 0 Å². The first-order valence-electron chi connectivity index (χ1n) is 5.35. The first kappa shape index (κ1) is 14.9. The molecule has 94 valence electrons. The fourth-order valence-electron chi connectivity index (χ4n) is 0.785. The van der Waals surface area contributed by atoms with E-state index in [0.29, 0.717) is 6.42 Å². The highest BCUT2D eigenvalue weighted by Gasteiger charge is 2.12. The molecule has 0 bridgehead atoms. The average molecular weight is 232 g/mol. The van der Waals surface area contributed by atoms with E-state index in [9.17, 15) is 9.59 Å². The van der Waals surface area contributed by atoms with Crippen molar-refractivity contribution in [3.63, 3.8) is 0 Å². The summed E-state index contributed by atoms with van der Waals surface area (Å²) in [4.78, 5) is 22.2. The van der Waals surface area contributed by atoms with Crippen LogP contribution in [0, 0.1) is 5.92 Å². The molecule has 0 rings (SSSR count). The van der Waals surface area contributed by atoms with Crippen molar-refractivity contribution in [2.45, 2.75) is 33.3 Å². The highest BCUT2D eigenvalue weighted by Crippen LogP contribution is 1.98. The standard InChI is InChI=1S/C11H20O5/c1-8(2)10(12)15-6-5-7-16-11(13)9(3)14-4/h8-9H,5-7H2,1-4H3. The first-order valence-corrected chi connectivity index (χ1v) is 5.35. The van der Waals surface area contributed by atoms with E-state index in [-0.39, 0.29) is 25.1 Å². The van der Waals surface area contributed by atoms with Crippen molar-refractivity contribution in [2.75, 3.05) is 20.3 Å². The largest absolute Gasteiger partial charge is 0.465 e. The Morgan fingerprint density at radius 1 is 1.00 bits per heavy atom. The number of hydrogen-bond donors (Lipinski definition) is 0. The van der Waals surface area contributed by atoms with Crippen LogP contribution in [0.2, 0.25) is 0 Å². The number of esters is 2. The fourth-order valence-corrected chi connectivity index (χ4v) is 0.785. The molecule has 0 aromatic heterocycles. The van der Waals surface area contributed by atoms with Crippen molar-refractivity contribution in [2.24, 2.45) is 5.92 Å². The summed E-state index contributed by atoms with van der Waals surface area (Å²) >= 11 is 0. The van der Waals surface area contributed by atoms with E-state index >= 15 is 0 Å². The second-order valence-electron chi connectivity index (χ2n) is 3.72. The van der Waals surface area contributed by atoms with Gasteiger partial charge in [-0.2, -0.15) is 0 Å². The molecule has 0 aliphatic heterocycles. The predicted molar refractivity (Wildman–Crippen MR) is 57.8 cm³/mol. The third kappa shape index (κ3) is 6.40. The highest BCUT2D eigenvalue weighted by atomic mass is 16.6. The molecule has 0 aromatic rings. The Kier molecular flexibility index (Phi) is 7.54. The molecule has 0 N–H and O–H groups in total. The summed E-state index contributed by atoms with van der Waals surface area (Å²) < 4.78 is 14.6. The van der Waals surface area contributed by atoms with Gasteiger partial charge in [0.15, 0.2) is 6.10 Å². The summed E-state index contributed by atoms with van der Waals surface area (Å²) in [7, 11) is 1.44. The normalized spacial score (nSPS) is 12.3. The lowest BCUT2D eigenvalue weighted by Gasteiger charge is -2.10. The number of methoxy groups -OCH3 is 1. The van der Waals surface area contributed by atoms with Gasteiger partial charge in [-0.15, -0.1) is 0 Å². The lowest BCUT2D eigenvalue weighted by molar-refractivity contribution is -0.155. The molecule has 1 unspecified atom stereocenters. The van der Waals surface area contributed by atoms with Gasteiger partial charge in [-0.25, -0.2) is 4.79 Å². The maximum atomic E-state index is 11.1. The molecule has 0 saturated carbocycles. The van der Waals surface area contributed by atoms with Crippen LogP contribution in [0.4, 0.5) is 0 Å². The van der Waals surface area contributed by atoms with Crippen LogP contribution >= 0.6 is 0 Å². The van der Waals surface area contributed by atoms with Gasteiger partial charge in [0.05, 0.1) is 19.1 Å². The maximum absolute atomic E-state index is 11.1. The minimum Gasteiger partial charge on any atom is -0.465 e. The zero-order chi connectivity index (χ0) is 12.6. The molecule has 0 aromatic carbocycles. The molecule has 0 aliphatic rings. The van der Waals surface area contributed by atoms with Crippen LogP contribution in [0.1, 0.15) is 27.2 Å². The zero-order valence-corrected chi connectivity index (χ0v) is 10.3. The van der Waals surface area contributed by atoms with E-state index in [4.69, 9.17) is 14.2 Å². The molecular formula is C11H20O5. The fraction of sp³-hybridized carbons (Fsp3) is 0.818. The zero-order valence-electron chi connectivity index (χ0n) is 10.3. The smallest absolute Gasteiger partial charge is 0.334 e. The summed E-state index contributed by atoms with van der Waals surface area (Å²) in [5.74, 6) is -0.773. The van der Waals surface area contributed by atoms with E-state index in [0.717, 1.165) is 0 Å². The Bertz CT molecular complexity index is 224. The highest BCUT2D eigenvalue weighted by molar-refractivity contribution is 5.74. The van der Waals surface area contributed by atoms with Gasteiger partial charge in [0, 0.05) is 13.5 Å². The van der Waals surface area contributed by atoms with E-state index in [1.165, 1.54) is 7.11 Å². The van der Waals surface area contributed by atoms with E-state index in [1.54, 1.807) is 20.8 Å². The van der Waals surface area contributed by atoms with Crippen LogP contribution < -0.4 is 0 Å². The predicted octanol–water partition coefficient (Wildman–Crippen LogP) is 1.15. The number of rotatable bonds is 7. The van der Waals surface area contributed by atoms with Crippen LogP contribution in [0.5, 0.6) is 0 Å². The van der Waals surface area contributed by atoms with Crippen LogP contribution in [-0.4, -0.2) is 38.4 Å². The van der Waals surface area contributed by atoms with Crippen LogP contribution in [0.25, 0.3) is 0 Å². The van der Waals surface area contributed by atoms with E-state index < -0.39 is 12.1 Å². The Morgan fingerprint density at radius 2 is 1.50 bits per heavy atom. The third-order valence-electron chi connectivity index (χ3n) is 1.93. The van der Waals surface area contributed by atoms with Gasteiger partial charge < -0.3 is 14.2 Å². The quantitative estimate of drug-likeness (QED) is 0.487. The molecule has 16 heavy (non-hydrogen) atoms. The lowest BCUT2D eigenvalue weighted by atomic mass is 10.2. The molecule has 0 heterocycles. The topological polar surface area (TPSA) is 61.8 Å². The number of carbonyl (C=O) groups is 2. The molecule has 0 spiro atoms. The Hall–Kier alpha value is -1.10. The van der Waals surface area contributed by atoms with Gasteiger partial charge in [0.2, 0.25) is 0 Å². The summed E-state index contributed by atoms with van der Waals surface area (Å²) in [6, 6.07) is 0. The molecule has 0 amide bonds. The summed E-state index contributed by atoms with van der Waals surface area (Å²) in [5, 5.41) is 0. The molecular weight excluding hydrogens is 212 g/mol. The van der Waals surface area contributed by atoms with Gasteiger partial charge >= 0.3 is 11.9 Å². The summed E-state index contributed by atoms with van der Waals surface area (Å²) in [6.45, 7) is 5.65. The third-order valence-corrected chi connectivity index (χ3v) is 1.93. The van der Waals surface area contributed by atoms with Crippen molar-refractivity contribution in [3.05, 3.63) is 0 Å². The molecule has 0 radical (unpaired) electrons. The lowest BCUT2D eigenvalue weighted by Crippen LogP contribution is -2.22. The minimum absolute atomic E-state index is 0.129. The minimum atomic E-state index is -0.557. The van der Waals surface area contributed by atoms with Gasteiger partial charge in [0.25, 0.3) is 0 Å². The first-order chi connectivity index (χ1) is 7.49. The van der Waals surface area contributed by atoms with Gasteiger partial charge in [-0.05, 0) is 6.92 Å². The SMILES string of the molecule is COC(C)C(=O)OCCCOC(=O)C(C)C. The van der Waals surface area contributed by atoms with E-state index in [2.05, 4.69) is 0 Å². The van der Waals surface area contributed by atoms with Crippen LogP contribution in [0.15, 0.2) is 0 Å². The maximum Gasteiger partial charge on any atom is 0.334 e. The number of hydrogen-bond acceptors (Lipinski definition) is 5. The van der Waals surface area contributed by atoms with Crippen molar-refractivity contribution in [3.8, 4) is 0 Å². The molecule has 0 saturated heterocycles. The van der Waals surface area contributed by atoms with Gasteiger partial charge in [0.1, 0.15) is 0 Å². The second-order valence-corrected chi connectivity index (χ2v) is 3.72. The molecule has 1 atom stereocenters. The van der Waals surface area contributed by atoms with Gasteiger partial charge in [-0.1, -0.05) is 13.8 Å². The van der Waals surface area contributed by atoms with Crippen LogP contribution in [0.3, 0.4) is 0 Å². The van der Waals surface area contributed by atoms with Crippen LogP contribution in [-0.2, 0) is 23.8 Å². The summed E-state index contributed by atoms with van der Waals surface area (Å²) in [6.07, 6.45) is -0.0566.